The van der Waals surface area contributed by atoms with Crippen LogP contribution in [0, 0.1) is 0 Å². The van der Waals surface area contributed by atoms with Crippen LogP contribution in [-0.4, -0.2) is 11.4 Å². The third-order valence-corrected chi connectivity index (χ3v) is 4.50. The second-order valence-corrected chi connectivity index (χ2v) is 5.81. The van der Waals surface area contributed by atoms with Crippen molar-refractivity contribution >= 4 is 0 Å². The monoisotopic (exact) mass is 276 g/mol. The Morgan fingerprint density at radius 3 is 2.24 bits per heavy atom. The first-order chi connectivity index (χ1) is 10.4. The van der Waals surface area contributed by atoms with E-state index in [1.165, 1.54) is 29.8 Å². The molecule has 2 heterocycles. The minimum atomic E-state index is 0.331. The molecule has 0 aliphatic carbocycles. The molecular weight excluding hydrogens is 256 g/mol. The van der Waals surface area contributed by atoms with Crippen LogP contribution in [0.25, 0.3) is 0 Å². The summed E-state index contributed by atoms with van der Waals surface area (Å²) in [6.07, 6.45) is 4.78. The lowest BCUT2D eigenvalue weighted by molar-refractivity contribution is 0.269. The minimum absolute atomic E-state index is 0.331. The summed E-state index contributed by atoms with van der Waals surface area (Å²) in [4.78, 5) is 2.54. The lowest BCUT2D eigenvalue weighted by Gasteiger charge is -2.30. The van der Waals surface area contributed by atoms with E-state index in [0.717, 1.165) is 6.54 Å². The Morgan fingerprint density at radius 2 is 1.52 bits per heavy atom. The van der Waals surface area contributed by atoms with E-state index in [1.807, 2.05) is 0 Å². The van der Waals surface area contributed by atoms with Gasteiger partial charge in [-0.05, 0) is 30.0 Å². The van der Waals surface area contributed by atoms with Crippen molar-refractivity contribution in [3.63, 3.8) is 0 Å². The summed E-state index contributed by atoms with van der Waals surface area (Å²) < 4.78 is 0. The van der Waals surface area contributed by atoms with Gasteiger partial charge in [-0.1, -0.05) is 60.7 Å². The number of hydrogen-bond donors (Lipinski definition) is 1. The predicted octanol–water partition coefficient (Wildman–Crippen LogP) is 4.01. The minimum Gasteiger partial charge on any atom is -0.363 e. The first-order valence-electron chi connectivity index (χ1n) is 7.77. The molecule has 4 rings (SSSR count). The molecule has 0 bridgehead atoms. The van der Waals surface area contributed by atoms with Crippen LogP contribution >= 0.6 is 0 Å². The fourth-order valence-electron chi connectivity index (χ4n) is 3.54. The van der Waals surface area contributed by atoms with E-state index in [-0.39, 0.29) is 0 Å². The predicted molar refractivity (Wildman–Crippen MR) is 85.5 cm³/mol. The molecule has 0 saturated carbocycles. The Kier molecular flexibility index (Phi) is 3.15. The molecule has 106 valence electrons. The van der Waals surface area contributed by atoms with Gasteiger partial charge in [-0.15, -0.1) is 0 Å². The summed E-state index contributed by atoms with van der Waals surface area (Å²) in [5.74, 6) is 1.31. The number of nitrogens with zero attached hydrogens (tertiary/aromatic N) is 1. The summed E-state index contributed by atoms with van der Waals surface area (Å²) in [6.45, 7) is 1.14. The van der Waals surface area contributed by atoms with Gasteiger partial charge in [0, 0.05) is 6.54 Å². The molecule has 1 fully saturated rings. The maximum Gasteiger partial charge on any atom is 0.0983 e. The molecule has 0 radical (unpaired) electrons. The van der Waals surface area contributed by atoms with Crippen molar-refractivity contribution in [3.05, 3.63) is 83.7 Å². The second kappa shape index (κ2) is 5.28. The fraction of sp³-hybridized carbons (Fsp3) is 0.263. The first-order valence-corrected chi connectivity index (χ1v) is 7.77. The van der Waals surface area contributed by atoms with Crippen molar-refractivity contribution in [2.45, 2.75) is 24.9 Å². The molecule has 2 aromatic carbocycles. The molecule has 2 atom stereocenters. The summed E-state index contributed by atoms with van der Waals surface area (Å²) in [6, 6.07) is 22.4. The van der Waals surface area contributed by atoms with Gasteiger partial charge in [0.2, 0.25) is 0 Å². The van der Waals surface area contributed by atoms with E-state index >= 15 is 0 Å². The van der Waals surface area contributed by atoms with Crippen molar-refractivity contribution < 1.29 is 0 Å². The molecule has 1 saturated heterocycles. The lowest BCUT2D eigenvalue weighted by atomic mass is 9.94. The zero-order valence-corrected chi connectivity index (χ0v) is 12.1. The maximum atomic E-state index is 3.74. The van der Waals surface area contributed by atoms with Gasteiger partial charge in [0.1, 0.15) is 0 Å². The van der Waals surface area contributed by atoms with E-state index in [1.54, 1.807) is 0 Å². The topological polar surface area (TPSA) is 15.3 Å². The van der Waals surface area contributed by atoms with Crippen molar-refractivity contribution in [2.24, 2.45) is 0 Å². The van der Waals surface area contributed by atoms with E-state index in [4.69, 9.17) is 0 Å². The molecule has 2 unspecified atom stereocenters. The van der Waals surface area contributed by atoms with Gasteiger partial charge >= 0.3 is 0 Å². The Bertz CT molecular complexity index is 633. The van der Waals surface area contributed by atoms with Gasteiger partial charge in [-0.25, -0.2) is 0 Å². The zero-order chi connectivity index (χ0) is 14.1. The molecular formula is C19H20N2. The number of nitrogens with one attached hydrogen (secondary N) is 1. The fourth-order valence-corrected chi connectivity index (χ4v) is 3.54. The van der Waals surface area contributed by atoms with Crippen LogP contribution in [0.2, 0.25) is 0 Å². The SMILES string of the molecule is C1=C2NC(c3ccccc3)C(c3ccccc3)N2CCC1. The average Bonchev–Trinajstić information content (AvgIpc) is 2.96. The number of benzene rings is 2. The third-order valence-electron chi connectivity index (χ3n) is 4.50. The third kappa shape index (κ3) is 2.21. The van der Waals surface area contributed by atoms with Gasteiger partial charge in [0.05, 0.1) is 17.9 Å². The highest BCUT2D eigenvalue weighted by atomic mass is 15.3. The maximum absolute atomic E-state index is 3.74. The zero-order valence-electron chi connectivity index (χ0n) is 12.1. The van der Waals surface area contributed by atoms with Crippen LogP contribution in [0.4, 0.5) is 0 Å². The van der Waals surface area contributed by atoms with Crippen molar-refractivity contribution in [2.75, 3.05) is 6.54 Å². The largest absolute Gasteiger partial charge is 0.363 e. The van der Waals surface area contributed by atoms with Crippen LogP contribution in [0.5, 0.6) is 0 Å². The van der Waals surface area contributed by atoms with Crippen LogP contribution in [0.15, 0.2) is 72.6 Å². The molecule has 2 nitrogen and oxygen atoms in total. The van der Waals surface area contributed by atoms with Gasteiger partial charge in [0.25, 0.3) is 0 Å². The Labute approximate surface area is 126 Å². The quantitative estimate of drug-likeness (QED) is 0.891. The molecule has 1 N–H and O–H groups in total. The van der Waals surface area contributed by atoms with Gasteiger partial charge in [0.15, 0.2) is 0 Å². The summed E-state index contributed by atoms with van der Waals surface area (Å²) in [7, 11) is 0. The van der Waals surface area contributed by atoms with Gasteiger partial charge in [-0.2, -0.15) is 0 Å². The highest BCUT2D eigenvalue weighted by Crippen LogP contribution is 2.43. The Morgan fingerprint density at radius 1 is 0.857 bits per heavy atom. The standard InChI is InChI=1S/C19H20N2/c1-3-9-15(10-4-1)18-19(16-11-5-2-6-12-16)21-14-8-7-13-17(21)20-18/h1-6,9-13,18-20H,7-8,14H2. The van der Waals surface area contributed by atoms with Crippen LogP contribution in [0.3, 0.4) is 0 Å². The Hall–Kier alpha value is -2.22. The number of fused-ring (bicyclic) bond motifs is 1. The second-order valence-electron chi connectivity index (χ2n) is 5.81. The van der Waals surface area contributed by atoms with Gasteiger partial charge in [-0.3, -0.25) is 0 Å². The summed E-state index contributed by atoms with van der Waals surface area (Å²) in [5, 5.41) is 3.74. The molecule has 0 amide bonds. The van der Waals surface area contributed by atoms with E-state index in [9.17, 15) is 0 Å². The van der Waals surface area contributed by atoms with Crippen LogP contribution in [-0.2, 0) is 0 Å². The van der Waals surface area contributed by atoms with E-state index in [2.05, 4.69) is 77.0 Å². The molecule has 0 aromatic heterocycles. The highest BCUT2D eigenvalue weighted by Gasteiger charge is 2.38. The summed E-state index contributed by atoms with van der Waals surface area (Å²) >= 11 is 0. The van der Waals surface area contributed by atoms with Crippen molar-refractivity contribution in [3.8, 4) is 0 Å². The van der Waals surface area contributed by atoms with Gasteiger partial charge < -0.3 is 10.2 Å². The molecule has 2 aromatic rings. The average molecular weight is 276 g/mol. The van der Waals surface area contributed by atoms with Crippen molar-refractivity contribution in [1.29, 1.82) is 0 Å². The summed E-state index contributed by atoms with van der Waals surface area (Å²) in [5.41, 5.74) is 2.76. The Balaban J connectivity index is 1.78. The first kappa shape index (κ1) is 12.5. The highest BCUT2D eigenvalue weighted by molar-refractivity contribution is 5.33. The molecule has 2 heteroatoms. The molecule has 2 aliphatic heterocycles. The van der Waals surface area contributed by atoms with E-state index < -0.39 is 0 Å². The van der Waals surface area contributed by atoms with Crippen molar-refractivity contribution in [1.82, 2.24) is 10.2 Å². The number of rotatable bonds is 2. The lowest BCUT2D eigenvalue weighted by Crippen LogP contribution is -2.27. The normalized spacial score (nSPS) is 24.2. The van der Waals surface area contributed by atoms with E-state index in [0.29, 0.717) is 12.1 Å². The molecule has 0 spiro atoms. The molecule has 2 aliphatic rings. The smallest absolute Gasteiger partial charge is 0.0983 e. The van der Waals surface area contributed by atoms with Crippen LogP contribution < -0.4 is 5.32 Å². The van der Waals surface area contributed by atoms with Crippen LogP contribution in [0.1, 0.15) is 36.1 Å². The number of hydrogen-bond acceptors (Lipinski definition) is 2. The molecule has 21 heavy (non-hydrogen) atoms. The number of allylic oxidation sites excluding steroid dienone is 1.